The number of hydrazine groups is 1. The van der Waals surface area contributed by atoms with Gasteiger partial charge in [-0.3, -0.25) is 25.8 Å². The number of thiocarbonyl (C=S) groups is 1. The minimum Gasteiger partial charge on any atom is -0.490 e. The van der Waals surface area contributed by atoms with E-state index in [0.29, 0.717) is 37.4 Å². The Balaban J connectivity index is 2.67. The van der Waals surface area contributed by atoms with Crippen LogP contribution in [0.1, 0.15) is 30.1 Å². The highest BCUT2D eigenvalue weighted by Gasteiger charge is 2.15. The molecule has 1 rings (SSSR count). The van der Waals surface area contributed by atoms with Crippen molar-refractivity contribution in [1.29, 1.82) is 0 Å². The van der Waals surface area contributed by atoms with Crippen molar-refractivity contribution in [2.45, 2.75) is 19.8 Å². The predicted octanol–water partition coefficient (Wildman–Crippen LogP) is 1.91. The Morgan fingerprint density at radius 3 is 2.67 bits per heavy atom. The van der Waals surface area contributed by atoms with Gasteiger partial charge in [0.05, 0.1) is 12.2 Å². The molecule has 0 atom stereocenters. The molecule has 132 valence electrons. The lowest BCUT2D eigenvalue weighted by atomic mass is 10.2. The quantitative estimate of drug-likeness (QED) is 0.356. The molecule has 2 amide bonds. The number of amides is 2. The molecule has 3 N–H and O–H groups in total. The minimum atomic E-state index is -0.453. The number of nitrogens with one attached hydrogen (secondary N) is 3. The highest BCUT2D eigenvalue weighted by molar-refractivity contribution is 9.10. The van der Waals surface area contributed by atoms with Crippen molar-refractivity contribution in [2.75, 3.05) is 20.3 Å². The van der Waals surface area contributed by atoms with Crippen LogP contribution in [-0.2, 0) is 9.53 Å². The Labute approximate surface area is 154 Å². The van der Waals surface area contributed by atoms with Crippen molar-refractivity contribution in [3.63, 3.8) is 0 Å². The molecule has 0 aliphatic rings. The molecule has 0 fully saturated rings. The summed E-state index contributed by atoms with van der Waals surface area (Å²) in [5.41, 5.74) is 5.20. The zero-order valence-electron chi connectivity index (χ0n) is 13.5. The van der Waals surface area contributed by atoms with Gasteiger partial charge < -0.3 is 9.47 Å². The number of hydrogen-bond donors (Lipinski definition) is 3. The van der Waals surface area contributed by atoms with Crippen molar-refractivity contribution in [3.05, 3.63) is 28.2 Å². The largest absolute Gasteiger partial charge is 0.490 e. The van der Waals surface area contributed by atoms with Gasteiger partial charge in [0.2, 0.25) is 5.91 Å². The molecule has 0 aliphatic heterocycles. The Morgan fingerprint density at radius 2 is 2.00 bits per heavy atom. The van der Waals surface area contributed by atoms with E-state index >= 15 is 0 Å². The molecular formula is C15H20BrN3O4S. The third kappa shape index (κ3) is 7.24. The van der Waals surface area contributed by atoms with Crippen LogP contribution in [0.4, 0.5) is 0 Å². The van der Waals surface area contributed by atoms with E-state index in [1.54, 1.807) is 25.3 Å². The first-order valence-corrected chi connectivity index (χ1v) is 8.49. The van der Waals surface area contributed by atoms with E-state index in [4.69, 9.17) is 21.7 Å². The van der Waals surface area contributed by atoms with Crippen molar-refractivity contribution in [1.82, 2.24) is 16.2 Å². The van der Waals surface area contributed by atoms with Gasteiger partial charge in [0.1, 0.15) is 12.4 Å². The number of carbonyl (C=O) groups excluding carboxylic acids is 2. The fraction of sp³-hybridized carbons (Fsp3) is 0.400. The molecule has 0 heterocycles. The van der Waals surface area contributed by atoms with Crippen LogP contribution in [-0.4, -0.2) is 37.3 Å². The summed E-state index contributed by atoms with van der Waals surface area (Å²) in [6, 6.07) is 5.06. The van der Waals surface area contributed by atoms with Crippen LogP contribution in [0.15, 0.2) is 22.7 Å². The lowest BCUT2D eigenvalue weighted by Gasteiger charge is -2.13. The van der Waals surface area contributed by atoms with E-state index in [-0.39, 0.29) is 11.0 Å². The summed E-state index contributed by atoms with van der Waals surface area (Å²) in [5.74, 6) is -0.253. The molecule has 0 aromatic heterocycles. The van der Waals surface area contributed by atoms with Crippen LogP contribution in [0.5, 0.6) is 5.75 Å². The van der Waals surface area contributed by atoms with Gasteiger partial charge in [0.15, 0.2) is 5.11 Å². The molecule has 7 nitrogen and oxygen atoms in total. The van der Waals surface area contributed by atoms with Crippen LogP contribution < -0.4 is 20.9 Å². The molecular weight excluding hydrogens is 398 g/mol. The summed E-state index contributed by atoms with van der Waals surface area (Å²) < 4.78 is 11.2. The Hall–Kier alpha value is -1.71. The third-order valence-corrected chi connectivity index (χ3v) is 3.45. The Kier molecular flexibility index (Phi) is 9.28. The van der Waals surface area contributed by atoms with Crippen molar-refractivity contribution in [3.8, 4) is 5.75 Å². The summed E-state index contributed by atoms with van der Waals surface area (Å²) in [4.78, 5) is 23.7. The first-order valence-electron chi connectivity index (χ1n) is 7.29. The third-order valence-electron chi connectivity index (χ3n) is 2.75. The number of methoxy groups -OCH3 is 1. The van der Waals surface area contributed by atoms with E-state index < -0.39 is 5.91 Å². The standard InChI is InChI=1S/C15H20BrN3O4S/c1-3-4-13(20)18-19-15(24)17-14(21)11-9-10(16)5-6-12(11)23-8-7-22-2/h5-6,9H,3-4,7-8H2,1-2H3,(H,18,20)(H2,17,19,21,24). The maximum absolute atomic E-state index is 12.3. The Morgan fingerprint density at radius 1 is 1.25 bits per heavy atom. The van der Waals surface area contributed by atoms with Gasteiger partial charge in [-0.15, -0.1) is 0 Å². The second-order valence-corrected chi connectivity index (χ2v) is 6.01. The molecule has 0 spiro atoms. The van der Waals surface area contributed by atoms with E-state index in [2.05, 4.69) is 32.1 Å². The predicted molar refractivity (Wildman–Crippen MR) is 97.8 cm³/mol. The molecule has 0 saturated carbocycles. The normalized spacial score (nSPS) is 9.96. The van der Waals surface area contributed by atoms with Crippen molar-refractivity contribution >= 4 is 45.1 Å². The van der Waals surface area contributed by atoms with Gasteiger partial charge >= 0.3 is 0 Å². The zero-order valence-corrected chi connectivity index (χ0v) is 15.9. The van der Waals surface area contributed by atoms with Crippen molar-refractivity contribution < 1.29 is 19.1 Å². The van der Waals surface area contributed by atoms with Gasteiger partial charge in [0.25, 0.3) is 5.91 Å². The summed E-state index contributed by atoms with van der Waals surface area (Å²) in [7, 11) is 1.56. The molecule has 0 bridgehead atoms. The highest BCUT2D eigenvalue weighted by Crippen LogP contribution is 2.23. The van der Waals surface area contributed by atoms with Crippen LogP contribution in [0.2, 0.25) is 0 Å². The molecule has 0 unspecified atom stereocenters. The number of rotatable bonds is 7. The second kappa shape index (κ2) is 11.0. The van der Waals surface area contributed by atoms with Gasteiger partial charge in [-0.05, 0) is 36.8 Å². The second-order valence-electron chi connectivity index (χ2n) is 4.69. The number of benzene rings is 1. The molecule has 1 aromatic rings. The number of carbonyl (C=O) groups is 2. The highest BCUT2D eigenvalue weighted by atomic mass is 79.9. The fourth-order valence-electron chi connectivity index (χ4n) is 1.66. The SMILES string of the molecule is CCCC(=O)NNC(=S)NC(=O)c1cc(Br)ccc1OCCOC. The Bertz CT molecular complexity index is 598. The maximum Gasteiger partial charge on any atom is 0.261 e. The van der Waals surface area contributed by atoms with Crippen LogP contribution in [0.25, 0.3) is 0 Å². The molecule has 0 radical (unpaired) electrons. The molecule has 0 aliphatic carbocycles. The fourth-order valence-corrected chi connectivity index (χ4v) is 2.16. The van der Waals surface area contributed by atoms with E-state index in [1.807, 2.05) is 6.92 Å². The van der Waals surface area contributed by atoms with Gasteiger partial charge in [-0.25, -0.2) is 0 Å². The first-order chi connectivity index (χ1) is 11.5. The minimum absolute atomic E-state index is 0.00716. The monoisotopic (exact) mass is 417 g/mol. The average Bonchev–Trinajstić information content (AvgIpc) is 2.54. The van der Waals surface area contributed by atoms with Crippen LogP contribution >= 0.6 is 28.1 Å². The smallest absolute Gasteiger partial charge is 0.261 e. The van der Waals surface area contributed by atoms with Gasteiger partial charge in [-0.1, -0.05) is 22.9 Å². The lowest BCUT2D eigenvalue weighted by molar-refractivity contribution is -0.121. The molecule has 9 heteroatoms. The van der Waals surface area contributed by atoms with Gasteiger partial charge in [-0.2, -0.15) is 0 Å². The first kappa shape index (κ1) is 20.3. The van der Waals surface area contributed by atoms with E-state index in [9.17, 15) is 9.59 Å². The summed E-state index contributed by atoms with van der Waals surface area (Å²) in [5, 5.41) is 2.48. The summed E-state index contributed by atoms with van der Waals surface area (Å²) in [6.45, 7) is 2.60. The van der Waals surface area contributed by atoms with Gasteiger partial charge in [0, 0.05) is 18.0 Å². The number of halogens is 1. The van der Waals surface area contributed by atoms with E-state index in [1.165, 1.54) is 0 Å². The lowest BCUT2D eigenvalue weighted by Crippen LogP contribution is -2.48. The molecule has 0 saturated heterocycles. The van der Waals surface area contributed by atoms with Crippen molar-refractivity contribution in [2.24, 2.45) is 0 Å². The zero-order chi connectivity index (χ0) is 17.9. The topological polar surface area (TPSA) is 88.7 Å². The van der Waals surface area contributed by atoms with E-state index in [0.717, 1.165) is 4.47 Å². The summed E-state index contributed by atoms with van der Waals surface area (Å²) >= 11 is 8.30. The maximum atomic E-state index is 12.3. The number of hydrogen-bond acceptors (Lipinski definition) is 5. The number of ether oxygens (including phenoxy) is 2. The molecule has 1 aromatic carbocycles. The van der Waals surface area contributed by atoms with Crippen LogP contribution in [0.3, 0.4) is 0 Å². The average molecular weight is 418 g/mol. The molecule has 24 heavy (non-hydrogen) atoms. The summed E-state index contributed by atoms with van der Waals surface area (Å²) in [6.07, 6.45) is 1.08. The van der Waals surface area contributed by atoms with Crippen LogP contribution in [0, 0.1) is 0 Å².